The number of nitrogens with zero attached hydrogens (tertiary/aromatic N) is 6. The molecule has 7 nitrogen and oxygen atoms in total. The van der Waals surface area contributed by atoms with E-state index in [9.17, 15) is 14.8 Å². The molecule has 1 aliphatic heterocycles. The first-order chi connectivity index (χ1) is 15.3. The number of anilines is 1. The predicted octanol–water partition coefficient (Wildman–Crippen LogP) is 3.31. The van der Waals surface area contributed by atoms with E-state index in [1.807, 2.05) is 11.0 Å². The Morgan fingerprint density at radius 2 is 1.97 bits per heavy atom. The number of hydrogen-bond donors (Lipinski definition) is 1. The number of fused-ring (bicyclic) bond motifs is 1. The van der Waals surface area contributed by atoms with Crippen LogP contribution >= 0.6 is 0 Å². The van der Waals surface area contributed by atoms with E-state index in [2.05, 4.69) is 33.3 Å². The molecule has 0 bridgehead atoms. The monoisotopic (exact) mass is 432 g/mol. The third-order valence-electron chi connectivity index (χ3n) is 7.83. The molecule has 2 aromatic heterocycles. The number of rotatable bonds is 4. The molecule has 164 valence electrons. The van der Waals surface area contributed by atoms with E-state index in [4.69, 9.17) is 0 Å². The minimum Gasteiger partial charge on any atom is -0.390 e. The number of benzene rings is 1. The number of hydrogen-bond acceptors (Lipinski definition) is 6. The average molecular weight is 433 g/mol. The summed E-state index contributed by atoms with van der Waals surface area (Å²) in [4.78, 5) is 10.6. The van der Waals surface area contributed by atoms with Gasteiger partial charge in [-0.25, -0.2) is 19.0 Å². The summed E-state index contributed by atoms with van der Waals surface area (Å²) in [6, 6.07) is 10.5. The second kappa shape index (κ2) is 6.26. The van der Waals surface area contributed by atoms with Crippen molar-refractivity contribution in [2.45, 2.75) is 50.3 Å². The zero-order chi connectivity index (χ0) is 22.3. The number of aromatic nitrogens is 4. The third kappa shape index (κ3) is 2.70. The highest BCUT2D eigenvalue weighted by molar-refractivity contribution is 5.82. The Kier molecular flexibility index (Phi) is 3.84. The van der Waals surface area contributed by atoms with Crippen LogP contribution in [0.4, 0.5) is 10.2 Å². The molecule has 0 amide bonds. The summed E-state index contributed by atoms with van der Waals surface area (Å²) in [5, 5.41) is 25.7. The molecule has 1 aromatic carbocycles. The Bertz CT molecular complexity index is 1270. The Morgan fingerprint density at radius 3 is 2.62 bits per heavy atom. The normalized spacial score (nSPS) is 28.3. The fourth-order valence-corrected chi connectivity index (χ4v) is 5.56. The summed E-state index contributed by atoms with van der Waals surface area (Å²) in [5.41, 5.74) is 0.664. The molecule has 32 heavy (non-hydrogen) atoms. The topological polar surface area (TPSA) is 90.9 Å². The van der Waals surface area contributed by atoms with Crippen LogP contribution in [0.2, 0.25) is 0 Å². The number of halogens is 1. The Labute approximate surface area is 185 Å². The van der Waals surface area contributed by atoms with Crippen molar-refractivity contribution in [2.75, 3.05) is 18.0 Å². The van der Waals surface area contributed by atoms with Gasteiger partial charge in [-0.3, -0.25) is 0 Å². The quantitative estimate of drug-likeness (QED) is 0.680. The lowest BCUT2D eigenvalue weighted by molar-refractivity contribution is -0.000243. The van der Waals surface area contributed by atoms with E-state index in [0.29, 0.717) is 18.2 Å². The lowest BCUT2D eigenvalue weighted by Crippen LogP contribution is -2.37. The number of alkyl halides is 1. The van der Waals surface area contributed by atoms with Crippen molar-refractivity contribution in [3.05, 3.63) is 42.4 Å². The molecule has 8 heteroatoms. The van der Waals surface area contributed by atoms with Gasteiger partial charge < -0.3 is 10.0 Å². The molecule has 1 unspecified atom stereocenters. The Hall–Kier alpha value is -3.05. The van der Waals surface area contributed by atoms with Crippen molar-refractivity contribution in [3.8, 4) is 11.9 Å². The fraction of sp³-hybridized carbons (Fsp3) is 0.500. The van der Waals surface area contributed by atoms with Crippen LogP contribution in [-0.4, -0.2) is 49.7 Å². The van der Waals surface area contributed by atoms with Gasteiger partial charge in [-0.05, 0) is 50.2 Å². The number of aliphatic hydroxyl groups is 1. The predicted molar refractivity (Wildman–Crippen MR) is 117 cm³/mol. The molecule has 3 fully saturated rings. The average Bonchev–Trinajstić information content (AvgIpc) is 3.57. The van der Waals surface area contributed by atoms with Crippen LogP contribution in [0.25, 0.3) is 16.7 Å². The van der Waals surface area contributed by atoms with Gasteiger partial charge in [-0.15, -0.1) is 0 Å². The van der Waals surface area contributed by atoms with Crippen molar-refractivity contribution in [1.29, 1.82) is 5.26 Å². The van der Waals surface area contributed by atoms with Gasteiger partial charge in [-0.1, -0.05) is 12.1 Å². The molecule has 3 atom stereocenters. The highest BCUT2D eigenvalue weighted by Crippen LogP contribution is 2.78. The van der Waals surface area contributed by atoms with E-state index in [0.717, 1.165) is 35.7 Å². The molecule has 0 radical (unpaired) electrons. The zero-order valence-electron chi connectivity index (χ0n) is 18.2. The first-order valence-corrected chi connectivity index (χ1v) is 11.1. The van der Waals surface area contributed by atoms with Gasteiger partial charge in [0, 0.05) is 23.9 Å². The molecule has 1 saturated heterocycles. The lowest BCUT2D eigenvalue weighted by Gasteiger charge is -2.26. The smallest absolute Gasteiger partial charge is 0.159 e. The van der Waals surface area contributed by atoms with Crippen LogP contribution in [0, 0.1) is 22.7 Å². The number of nitriles is 1. The molecule has 2 saturated carbocycles. The molecule has 1 spiro atoms. The van der Waals surface area contributed by atoms with Gasteiger partial charge >= 0.3 is 0 Å². The third-order valence-corrected chi connectivity index (χ3v) is 7.83. The highest BCUT2D eigenvalue weighted by atomic mass is 19.1. The Balaban J connectivity index is 1.36. The first kappa shape index (κ1) is 19.6. The van der Waals surface area contributed by atoms with Crippen LogP contribution in [0.3, 0.4) is 0 Å². The summed E-state index contributed by atoms with van der Waals surface area (Å²) in [5.74, 6) is 0.716. The summed E-state index contributed by atoms with van der Waals surface area (Å²) < 4.78 is 16.3. The summed E-state index contributed by atoms with van der Waals surface area (Å²) in [6.07, 6.45) is 5.32. The van der Waals surface area contributed by atoms with Crippen molar-refractivity contribution in [1.82, 2.24) is 19.7 Å². The van der Waals surface area contributed by atoms with Gasteiger partial charge in [0.15, 0.2) is 5.82 Å². The second-order valence-corrected chi connectivity index (χ2v) is 10.2. The second-order valence-electron chi connectivity index (χ2n) is 10.2. The SMILES string of the molecule is CC(C)(O)C1CN(c2cc(-n3ncc4ccc([C@]5(C#N)CC56CC6)cc43)ncn2)C[C@@H]1F. The van der Waals surface area contributed by atoms with Crippen LogP contribution in [0.15, 0.2) is 36.8 Å². The van der Waals surface area contributed by atoms with E-state index in [1.54, 1.807) is 30.8 Å². The minimum absolute atomic E-state index is 0.182. The molecule has 3 aromatic rings. The van der Waals surface area contributed by atoms with E-state index < -0.39 is 17.7 Å². The van der Waals surface area contributed by atoms with E-state index in [1.165, 1.54) is 6.33 Å². The lowest BCUT2D eigenvalue weighted by atomic mass is 9.89. The molecule has 2 aliphatic carbocycles. The standard InChI is InChI=1S/C24H25FN6O/c1-22(2,32)17-10-30(11-18(17)25)20-8-21(28-14-27-20)31-19-7-16(4-3-15(19)9-29-31)24(13-26)12-23(24)5-6-23/h3-4,7-9,14,17-18,32H,5-6,10-12H2,1-2H3/t17?,18-,24+/m0/s1. The van der Waals surface area contributed by atoms with Gasteiger partial charge in [0.1, 0.15) is 18.3 Å². The highest BCUT2D eigenvalue weighted by Gasteiger charge is 2.75. The maximum atomic E-state index is 14.6. The molecular formula is C24H25FN6O. The van der Waals surface area contributed by atoms with Crippen molar-refractivity contribution in [3.63, 3.8) is 0 Å². The summed E-state index contributed by atoms with van der Waals surface area (Å²) in [6.45, 7) is 3.86. The zero-order valence-corrected chi connectivity index (χ0v) is 18.2. The summed E-state index contributed by atoms with van der Waals surface area (Å²) in [7, 11) is 0. The maximum absolute atomic E-state index is 14.6. The Morgan fingerprint density at radius 1 is 1.19 bits per heavy atom. The van der Waals surface area contributed by atoms with Gasteiger partial charge in [0.2, 0.25) is 0 Å². The first-order valence-electron chi connectivity index (χ1n) is 11.1. The van der Waals surface area contributed by atoms with Crippen molar-refractivity contribution >= 4 is 16.7 Å². The van der Waals surface area contributed by atoms with E-state index in [-0.39, 0.29) is 17.4 Å². The summed E-state index contributed by atoms with van der Waals surface area (Å²) >= 11 is 0. The van der Waals surface area contributed by atoms with Crippen LogP contribution in [0.5, 0.6) is 0 Å². The van der Waals surface area contributed by atoms with Gasteiger partial charge in [0.25, 0.3) is 0 Å². The molecule has 6 rings (SSSR count). The van der Waals surface area contributed by atoms with Crippen LogP contribution in [-0.2, 0) is 5.41 Å². The van der Waals surface area contributed by atoms with Gasteiger partial charge in [-0.2, -0.15) is 10.4 Å². The molecule has 3 aliphatic rings. The largest absolute Gasteiger partial charge is 0.390 e. The van der Waals surface area contributed by atoms with Crippen LogP contribution < -0.4 is 4.90 Å². The van der Waals surface area contributed by atoms with Crippen molar-refractivity contribution in [2.24, 2.45) is 11.3 Å². The molecule has 3 heterocycles. The molecule has 1 N–H and O–H groups in total. The fourth-order valence-electron chi connectivity index (χ4n) is 5.56. The maximum Gasteiger partial charge on any atom is 0.159 e. The van der Waals surface area contributed by atoms with Crippen molar-refractivity contribution < 1.29 is 9.50 Å². The van der Waals surface area contributed by atoms with Crippen LogP contribution in [0.1, 0.15) is 38.7 Å². The minimum atomic E-state index is -1.13. The van der Waals surface area contributed by atoms with Gasteiger partial charge in [0.05, 0.1) is 35.3 Å². The molecular weight excluding hydrogens is 407 g/mol. The van der Waals surface area contributed by atoms with E-state index >= 15 is 0 Å².